The van der Waals surface area contributed by atoms with Crippen LogP contribution in [0.3, 0.4) is 0 Å². The fourth-order valence-electron chi connectivity index (χ4n) is 2.44. The molecule has 150 valence electrons. The summed E-state index contributed by atoms with van der Waals surface area (Å²) >= 11 is 13.3. The lowest BCUT2D eigenvalue weighted by atomic mass is 10.2. The molecule has 11 heteroatoms. The number of fused-ring (bicyclic) bond motifs is 1. The normalized spacial score (nSPS) is 11.8. The molecule has 0 radical (unpaired) electrons. The standard InChI is InChI=1S/C18H12Cl2N2O5S2/c19-11-6-7-13-12(9-11)16(20)17(28-13)18(25)21-22-29(26,27)14-4-2-1-3-10(14)5-8-15(23)24/h1-9,22H,(H,21,25)(H,23,24)/b8-5+. The lowest BCUT2D eigenvalue weighted by Crippen LogP contribution is -2.41. The van der Waals surface area contributed by atoms with Gasteiger partial charge in [0.25, 0.3) is 15.9 Å². The number of benzene rings is 2. The fourth-order valence-corrected chi connectivity index (χ4v) is 5.03. The van der Waals surface area contributed by atoms with Crippen LogP contribution < -0.4 is 10.3 Å². The average molecular weight is 471 g/mol. The van der Waals surface area contributed by atoms with Crippen LogP contribution in [-0.4, -0.2) is 25.4 Å². The lowest BCUT2D eigenvalue weighted by molar-refractivity contribution is -0.131. The fraction of sp³-hybridized carbons (Fsp3) is 0. The zero-order valence-electron chi connectivity index (χ0n) is 14.3. The molecule has 0 unspecified atom stereocenters. The highest BCUT2D eigenvalue weighted by molar-refractivity contribution is 7.89. The summed E-state index contributed by atoms with van der Waals surface area (Å²) in [5, 5.41) is 9.95. The number of hydrazine groups is 1. The number of carboxylic acids is 1. The van der Waals surface area contributed by atoms with Crippen LogP contribution >= 0.6 is 34.5 Å². The van der Waals surface area contributed by atoms with E-state index in [0.29, 0.717) is 10.4 Å². The Bertz CT molecular complexity index is 1250. The minimum Gasteiger partial charge on any atom is -0.478 e. The topological polar surface area (TPSA) is 113 Å². The predicted molar refractivity (Wildman–Crippen MR) is 113 cm³/mol. The van der Waals surface area contributed by atoms with Gasteiger partial charge in [-0.1, -0.05) is 41.4 Å². The van der Waals surface area contributed by atoms with Gasteiger partial charge in [0.05, 0.1) is 9.92 Å². The first-order chi connectivity index (χ1) is 13.7. The number of thiophene rings is 1. The number of hydrogen-bond acceptors (Lipinski definition) is 5. The monoisotopic (exact) mass is 470 g/mol. The third-order valence-corrected chi connectivity index (χ3v) is 6.94. The molecule has 0 fully saturated rings. The van der Waals surface area contributed by atoms with Crippen molar-refractivity contribution in [3.63, 3.8) is 0 Å². The Labute approximate surface area is 179 Å². The number of hydrogen-bond donors (Lipinski definition) is 3. The highest BCUT2D eigenvalue weighted by Gasteiger charge is 2.21. The molecular weight excluding hydrogens is 459 g/mol. The van der Waals surface area contributed by atoms with Crippen molar-refractivity contribution in [3.8, 4) is 0 Å². The Morgan fingerprint density at radius 2 is 1.83 bits per heavy atom. The van der Waals surface area contributed by atoms with Gasteiger partial charge in [0.1, 0.15) is 4.88 Å². The minimum atomic E-state index is -4.18. The van der Waals surface area contributed by atoms with Gasteiger partial charge in [-0.3, -0.25) is 10.2 Å². The van der Waals surface area contributed by atoms with Crippen molar-refractivity contribution in [1.82, 2.24) is 10.3 Å². The molecule has 0 aliphatic heterocycles. The van der Waals surface area contributed by atoms with Gasteiger partial charge in [0.15, 0.2) is 0 Å². The summed E-state index contributed by atoms with van der Waals surface area (Å²) in [5.41, 5.74) is 2.27. The summed E-state index contributed by atoms with van der Waals surface area (Å²) in [6.07, 6.45) is 1.96. The summed E-state index contributed by atoms with van der Waals surface area (Å²) in [4.78, 5) is 25.1. The van der Waals surface area contributed by atoms with Crippen LogP contribution in [0.5, 0.6) is 0 Å². The van der Waals surface area contributed by atoms with E-state index in [4.69, 9.17) is 28.3 Å². The first-order valence-corrected chi connectivity index (χ1v) is 10.9. The number of amides is 1. The van der Waals surface area contributed by atoms with Gasteiger partial charge in [-0.25, -0.2) is 13.2 Å². The number of carbonyl (C=O) groups is 2. The van der Waals surface area contributed by atoms with Crippen LogP contribution in [0.4, 0.5) is 0 Å². The molecule has 0 atom stereocenters. The smallest absolute Gasteiger partial charge is 0.328 e. The van der Waals surface area contributed by atoms with E-state index in [1.807, 2.05) is 4.83 Å². The van der Waals surface area contributed by atoms with Gasteiger partial charge < -0.3 is 5.11 Å². The first kappa shape index (κ1) is 21.3. The third kappa shape index (κ3) is 4.77. The molecule has 3 rings (SSSR count). The Hall–Kier alpha value is -2.43. The zero-order chi connectivity index (χ0) is 21.2. The summed E-state index contributed by atoms with van der Waals surface area (Å²) in [6, 6.07) is 10.7. The molecular formula is C18H12Cl2N2O5S2. The number of carboxylic acid groups (broad SMARTS) is 1. The van der Waals surface area contributed by atoms with E-state index in [2.05, 4.69) is 5.43 Å². The minimum absolute atomic E-state index is 0.116. The van der Waals surface area contributed by atoms with E-state index >= 15 is 0 Å². The maximum Gasteiger partial charge on any atom is 0.328 e. The quantitative estimate of drug-likeness (QED) is 0.373. The summed E-state index contributed by atoms with van der Waals surface area (Å²) in [5.74, 6) is -1.97. The highest BCUT2D eigenvalue weighted by atomic mass is 35.5. The second-order valence-electron chi connectivity index (χ2n) is 5.65. The molecule has 3 N–H and O–H groups in total. The second-order valence-corrected chi connectivity index (χ2v) is 9.17. The Balaban J connectivity index is 1.84. The molecule has 7 nitrogen and oxygen atoms in total. The molecule has 0 aliphatic carbocycles. The largest absolute Gasteiger partial charge is 0.478 e. The summed E-state index contributed by atoms with van der Waals surface area (Å²) in [6.45, 7) is 0. The van der Waals surface area contributed by atoms with Gasteiger partial charge >= 0.3 is 5.97 Å². The van der Waals surface area contributed by atoms with Gasteiger partial charge in [0.2, 0.25) is 0 Å². The van der Waals surface area contributed by atoms with E-state index in [1.165, 1.54) is 18.2 Å². The van der Waals surface area contributed by atoms with Crippen LogP contribution in [0.2, 0.25) is 10.0 Å². The summed E-state index contributed by atoms with van der Waals surface area (Å²) < 4.78 is 25.9. The molecule has 0 bridgehead atoms. The van der Waals surface area contributed by atoms with Crippen LogP contribution in [0.15, 0.2) is 53.4 Å². The van der Waals surface area contributed by atoms with Gasteiger partial charge in [-0.15, -0.1) is 16.2 Å². The van der Waals surface area contributed by atoms with Crippen molar-refractivity contribution in [2.75, 3.05) is 0 Å². The number of halogens is 2. The van der Waals surface area contributed by atoms with E-state index in [-0.39, 0.29) is 20.4 Å². The molecule has 1 aromatic heterocycles. The molecule has 0 saturated carbocycles. The Morgan fingerprint density at radius 1 is 1.10 bits per heavy atom. The SMILES string of the molecule is O=C(O)/C=C/c1ccccc1S(=O)(=O)NNC(=O)c1sc2ccc(Cl)cc2c1Cl. The Morgan fingerprint density at radius 3 is 2.55 bits per heavy atom. The highest BCUT2D eigenvalue weighted by Crippen LogP contribution is 2.36. The number of sulfonamides is 1. The van der Waals surface area contributed by atoms with Crippen LogP contribution in [-0.2, 0) is 14.8 Å². The maximum atomic E-state index is 12.6. The van der Waals surface area contributed by atoms with Crippen molar-refractivity contribution in [3.05, 3.63) is 69.0 Å². The first-order valence-electron chi connectivity index (χ1n) is 7.89. The molecule has 3 aromatic rings. The maximum absolute atomic E-state index is 12.6. The van der Waals surface area contributed by atoms with Crippen molar-refractivity contribution < 1.29 is 23.1 Å². The number of aliphatic carboxylic acids is 1. The number of carbonyl (C=O) groups excluding carboxylic acids is 1. The van der Waals surface area contributed by atoms with E-state index in [9.17, 15) is 18.0 Å². The molecule has 1 amide bonds. The number of rotatable bonds is 6. The molecule has 0 spiro atoms. The Kier molecular flexibility index (Phi) is 6.25. The zero-order valence-corrected chi connectivity index (χ0v) is 17.5. The van der Waals surface area contributed by atoms with Crippen molar-refractivity contribution >= 4 is 72.6 Å². The van der Waals surface area contributed by atoms with Crippen molar-refractivity contribution in [1.29, 1.82) is 0 Å². The lowest BCUT2D eigenvalue weighted by Gasteiger charge is -2.10. The van der Waals surface area contributed by atoms with Gasteiger partial charge in [0, 0.05) is 21.2 Å². The molecule has 29 heavy (non-hydrogen) atoms. The van der Waals surface area contributed by atoms with Crippen LogP contribution in [0.25, 0.3) is 16.2 Å². The van der Waals surface area contributed by atoms with E-state index < -0.39 is 21.9 Å². The van der Waals surface area contributed by atoms with E-state index in [0.717, 1.165) is 28.2 Å². The van der Waals surface area contributed by atoms with Gasteiger partial charge in [-0.2, -0.15) is 0 Å². The molecule has 2 aromatic carbocycles. The van der Waals surface area contributed by atoms with Crippen LogP contribution in [0, 0.1) is 0 Å². The van der Waals surface area contributed by atoms with E-state index in [1.54, 1.807) is 24.3 Å². The van der Waals surface area contributed by atoms with Gasteiger partial charge in [-0.05, 0) is 35.9 Å². The average Bonchev–Trinajstić information content (AvgIpc) is 3.01. The summed E-state index contributed by atoms with van der Waals surface area (Å²) in [7, 11) is -4.18. The molecule has 1 heterocycles. The second kappa shape index (κ2) is 8.52. The predicted octanol–water partition coefficient (Wildman–Crippen LogP) is 3.93. The third-order valence-electron chi connectivity index (χ3n) is 3.71. The van der Waals surface area contributed by atoms with Crippen LogP contribution in [0.1, 0.15) is 15.2 Å². The van der Waals surface area contributed by atoms with Crippen molar-refractivity contribution in [2.24, 2.45) is 0 Å². The van der Waals surface area contributed by atoms with Crippen molar-refractivity contribution in [2.45, 2.75) is 4.90 Å². The molecule has 0 aliphatic rings. The number of nitrogens with one attached hydrogen (secondary N) is 2. The molecule has 0 saturated heterocycles.